The predicted octanol–water partition coefficient (Wildman–Crippen LogP) is 2.80. The number of rotatable bonds is 3. The van der Waals surface area contributed by atoms with Gasteiger partial charge in [0.25, 0.3) is 5.69 Å². The van der Waals surface area contributed by atoms with E-state index < -0.39 is 16.4 Å². The zero-order valence-electron chi connectivity index (χ0n) is 10.3. The third-order valence-electron chi connectivity index (χ3n) is 3.53. The van der Waals surface area contributed by atoms with Crippen molar-refractivity contribution in [1.29, 1.82) is 0 Å². The fourth-order valence-electron chi connectivity index (χ4n) is 2.44. The van der Waals surface area contributed by atoms with Crippen LogP contribution in [-0.2, 0) is 4.79 Å². The second kappa shape index (κ2) is 4.80. The third-order valence-corrected chi connectivity index (χ3v) is 4.02. The molecule has 1 unspecified atom stereocenters. The van der Waals surface area contributed by atoms with E-state index in [9.17, 15) is 20.0 Å². The van der Waals surface area contributed by atoms with Gasteiger partial charge in [0, 0.05) is 17.1 Å². The molecule has 19 heavy (non-hydrogen) atoms. The van der Waals surface area contributed by atoms with Crippen LogP contribution in [0.4, 0.5) is 11.4 Å². The van der Waals surface area contributed by atoms with Gasteiger partial charge < -0.3 is 10.0 Å². The molecule has 7 heteroatoms. The summed E-state index contributed by atoms with van der Waals surface area (Å²) in [7, 11) is 0. The molecule has 1 heterocycles. The summed E-state index contributed by atoms with van der Waals surface area (Å²) >= 11 is 3.27. The molecule has 0 radical (unpaired) electrons. The number of nitrogens with zero attached hydrogens (tertiary/aromatic N) is 2. The maximum atomic E-state index is 11.4. The molecule has 1 aromatic rings. The lowest BCUT2D eigenvalue weighted by atomic mass is 9.98. The number of nitro benzene ring substituents is 1. The fourth-order valence-corrected chi connectivity index (χ4v) is 2.79. The summed E-state index contributed by atoms with van der Waals surface area (Å²) in [5.74, 6) is -0.959. The van der Waals surface area contributed by atoms with Crippen molar-refractivity contribution < 1.29 is 14.8 Å². The van der Waals surface area contributed by atoms with Crippen LogP contribution in [0.2, 0.25) is 0 Å². The second-order valence-corrected chi connectivity index (χ2v) is 5.64. The zero-order valence-corrected chi connectivity index (χ0v) is 11.9. The zero-order chi connectivity index (χ0) is 14.2. The van der Waals surface area contributed by atoms with Crippen LogP contribution in [0.15, 0.2) is 22.7 Å². The number of carboxylic acids is 1. The number of nitro groups is 1. The van der Waals surface area contributed by atoms with E-state index in [1.165, 1.54) is 6.07 Å². The number of carbonyl (C=O) groups is 1. The second-order valence-electron chi connectivity index (χ2n) is 4.72. The van der Waals surface area contributed by atoms with Gasteiger partial charge in [0.1, 0.15) is 11.2 Å². The number of anilines is 1. The number of halogens is 1. The van der Waals surface area contributed by atoms with E-state index in [0.29, 0.717) is 29.5 Å². The first-order valence-electron chi connectivity index (χ1n) is 5.81. The quantitative estimate of drug-likeness (QED) is 0.681. The molecule has 1 aliphatic heterocycles. The Morgan fingerprint density at radius 1 is 1.58 bits per heavy atom. The van der Waals surface area contributed by atoms with E-state index >= 15 is 0 Å². The molecule has 1 N–H and O–H groups in total. The number of carboxylic acid groups (broad SMARTS) is 1. The molecular formula is C12H13BrN2O4. The largest absolute Gasteiger partial charge is 0.480 e. The van der Waals surface area contributed by atoms with E-state index in [4.69, 9.17) is 0 Å². The van der Waals surface area contributed by atoms with Crippen molar-refractivity contribution in [2.75, 3.05) is 11.4 Å². The van der Waals surface area contributed by atoms with Crippen molar-refractivity contribution in [2.45, 2.75) is 25.3 Å². The molecule has 6 nitrogen and oxygen atoms in total. The Bertz CT molecular complexity index is 549. The summed E-state index contributed by atoms with van der Waals surface area (Å²) in [6, 6.07) is 4.57. The molecule has 1 aliphatic rings. The molecule has 0 spiro atoms. The summed E-state index contributed by atoms with van der Waals surface area (Å²) in [5, 5.41) is 20.5. The van der Waals surface area contributed by atoms with Gasteiger partial charge in [0.2, 0.25) is 0 Å². The van der Waals surface area contributed by atoms with Crippen LogP contribution in [0, 0.1) is 10.1 Å². The highest BCUT2D eigenvalue weighted by Gasteiger charge is 2.45. The maximum Gasteiger partial charge on any atom is 0.329 e. The summed E-state index contributed by atoms with van der Waals surface area (Å²) in [5.41, 5.74) is -0.815. The Morgan fingerprint density at radius 3 is 2.84 bits per heavy atom. The van der Waals surface area contributed by atoms with Crippen molar-refractivity contribution in [2.24, 2.45) is 0 Å². The van der Waals surface area contributed by atoms with Crippen LogP contribution >= 0.6 is 15.9 Å². The Labute approximate surface area is 118 Å². The minimum absolute atomic E-state index is 0.0717. The van der Waals surface area contributed by atoms with Crippen molar-refractivity contribution in [3.05, 3.63) is 32.8 Å². The minimum atomic E-state index is -1.09. The van der Waals surface area contributed by atoms with Gasteiger partial charge in [-0.15, -0.1) is 0 Å². The smallest absolute Gasteiger partial charge is 0.329 e. The highest BCUT2D eigenvalue weighted by Crippen LogP contribution is 2.40. The molecule has 0 aliphatic carbocycles. The molecule has 1 saturated heterocycles. The lowest BCUT2D eigenvalue weighted by Gasteiger charge is -2.32. The van der Waals surface area contributed by atoms with E-state index in [1.54, 1.807) is 24.0 Å². The summed E-state index contributed by atoms with van der Waals surface area (Å²) in [6.07, 6.45) is 1.18. The highest BCUT2D eigenvalue weighted by atomic mass is 79.9. The number of benzene rings is 1. The topological polar surface area (TPSA) is 83.7 Å². The van der Waals surface area contributed by atoms with Crippen LogP contribution in [0.3, 0.4) is 0 Å². The molecule has 1 aromatic carbocycles. The van der Waals surface area contributed by atoms with Crippen molar-refractivity contribution >= 4 is 33.3 Å². The Balaban J connectivity index is 2.55. The van der Waals surface area contributed by atoms with E-state index in [1.807, 2.05) is 0 Å². The van der Waals surface area contributed by atoms with Crippen molar-refractivity contribution in [3.63, 3.8) is 0 Å². The third kappa shape index (κ3) is 2.30. The molecule has 1 fully saturated rings. The summed E-state index contributed by atoms with van der Waals surface area (Å²) in [4.78, 5) is 23.7. The van der Waals surface area contributed by atoms with Gasteiger partial charge in [0.05, 0.1) is 4.92 Å². The van der Waals surface area contributed by atoms with Crippen LogP contribution in [-0.4, -0.2) is 28.1 Å². The van der Waals surface area contributed by atoms with Gasteiger partial charge in [-0.05, 0) is 31.9 Å². The minimum Gasteiger partial charge on any atom is -0.480 e. The maximum absolute atomic E-state index is 11.4. The highest BCUT2D eigenvalue weighted by molar-refractivity contribution is 9.10. The normalized spacial score (nSPS) is 22.5. The summed E-state index contributed by atoms with van der Waals surface area (Å²) < 4.78 is 0.688. The average Bonchev–Trinajstić information content (AvgIpc) is 2.72. The molecule has 0 amide bonds. The number of hydrogen-bond donors (Lipinski definition) is 1. The Hall–Kier alpha value is -1.63. The Kier molecular flexibility index (Phi) is 3.49. The van der Waals surface area contributed by atoms with E-state index in [-0.39, 0.29) is 5.69 Å². The van der Waals surface area contributed by atoms with E-state index in [2.05, 4.69) is 15.9 Å². The van der Waals surface area contributed by atoms with Gasteiger partial charge >= 0.3 is 5.97 Å². The predicted molar refractivity (Wildman–Crippen MR) is 73.4 cm³/mol. The van der Waals surface area contributed by atoms with Crippen molar-refractivity contribution in [1.82, 2.24) is 0 Å². The van der Waals surface area contributed by atoms with Gasteiger partial charge in [-0.1, -0.05) is 15.9 Å². The first-order chi connectivity index (χ1) is 8.86. The Morgan fingerprint density at radius 2 is 2.26 bits per heavy atom. The standard InChI is InChI=1S/C12H13BrN2O4/c1-12(11(16)17)5-2-6-14(12)10-7-8(13)3-4-9(10)15(18)19/h3-4,7H,2,5-6H2,1H3,(H,16,17). The SMILES string of the molecule is CC1(C(=O)O)CCCN1c1cc(Br)ccc1[N+](=O)[O-]. The first kappa shape index (κ1) is 13.8. The van der Waals surface area contributed by atoms with Gasteiger partial charge in [-0.3, -0.25) is 10.1 Å². The molecule has 1 atom stereocenters. The van der Waals surface area contributed by atoms with Gasteiger partial charge in [-0.2, -0.15) is 0 Å². The molecule has 0 saturated carbocycles. The van der Waals surface area contributed by atoms with Crippen LogP contribution in [0.25, 0.3) is 0 Å². The molecule has 2 rings (SSSR count). The van der Waals surface area contributed by atoms with Crippen molar-refractivity contribution in [3.8, 4) is 0 Å². The molecule has 0 bridgehead atoms. The number of hydrogen-bond acceptors (Lipinski definition) is 4. The van der Waals surface area contributed by atoms with Gasteiger partial charge in [-0.25, -0.2) is 4.79 Å². The molecule has 102 valence electrons. The van der Waals surface area contributed by atoms with Crippen LogP contribution in [0.1, 0.15) is 19.8 Å². The lowest BCUT2D eigenvalue weighted by Crippen LogP contribution is -2.48. The van der Waals surface area contributed by atoms with Crippen LogP contribution < -0.4 is 4.90 Å². The molecular weight excluding hydrogens is 316 g/mol. The summed E-state index contributed by atoms with van der Waals surface area (Å²) in [6.45, 7) is 2.10. The van der Waals surface area contributed by atoms with E-state index in [0.717, 1.165) is 0 Å². The number of aliphatic carboxylic acids is 1. The average molecular weight is 329 g/mol. The lowest BCUT2D eigenvalue weighted by molar-refractivity contribution is -0.384. The van der Waals surface area contributed by atoms with Gasteiger partial charge in [0.15, 0.2) is 0 Å². The van der Waals surface area contributed by atoms with Crippen LogP contribution in [0.5, 0.6) is 0 Å². The monoisotopic (exact) mass is 328 g/mol. The fraction of sp³-hybridized carbons (Fsp3) is 0.417. The first-order valence-corrected chi connectivity index (χ1v) is 6.60. The molecule has 0 aromatic heterocycles.